The molecule has 0 aromatic rings. The second-order valence-corrected chi connectivity index (χ2v) is 5.14. The van der Waals surface area contributed by atoms with Crippen LogP contribution >= 0.6 is 0 Å². The predicted octanol–water partition coefficient (Wildman–Crippen LogP) is 1.86. The Labute approximate surface area is 88.1 Å². The number of hydrogen-bond donors (Lipinski definition) is 1. The summed E-state index contributed by atoms with van der Waals surface area (Å²) in [5.74, 6) is 0.983. The SMILES string of the molecule is CCC1CN(C2CC(C)C2)CCCN1. The molecule has 0 radical (unpaired) electrons. The minimum atomic E-state index is 0.744. The molecule has 0 amide bonds. The summed E-state index contributed by atoms with van der Waals surface area (Å²) in [4.78, 5) is 2.73. The zero-order chi connectivity index (χ0) is 9.97. The molecule has 2 fully saturated rings. The Morgan fingerprint density at radius 1 is 1.36 bits per heavy atom. The summed E-state index contributed by atoms with van der Waals surface area (Å²) in [6, 6.07) is 1.66. The molecule has 1 atom stereocenters. The van der Waals surface area contributed by atoms with Gasteiger partial charge in [0.25, 0.3) is 0 Å². The summed E-state index contributed by atoms with van der Waals surface area (Å²) < 4.78 is 0. The van der Waals surface area contributed by atoms with E-state index >= 15 is 0 Å². The summed E-state index contributed by atoms with van der Waals surface area (Å²) >= 11 is 0. The molecule has 1 saturated carbocycles. The van der Waals surface area contributed by atoms with Crippen LogP contribution in [0.4, 0.5) is 0 Å². The van der Waals surface area contributed by atoms with Gasteiger partial charge in [-0.3, -0.25) is 4.90 Å². The highest BCUT2D eigenvalue weighted by Crippen LogP contribution is 2.31. The number of hydrogen-bond acceptors (Lipinski definition) is 2. The van der Waals surface area contributed by atoms with Gasteiger partial charge in [-0.15, -0.1) is 0 Å². The van der Waals surface area contributed by atoms with Crippen molar-refractivity contribution in [1.82, 2.24) is 10.2 Å². The van der Waals surface area contributed by atoms with Gasteiger partial charge in [0.1, 0.15) is 0 Å². The zero-order valence-corrected chi connectivity index (χ0v) is 9.63. The lowest BCUT2D eigenvalue weighted by Crippen LogP contribution is -2.47. The van der Waals surface area contributed by atoms with E-state index < -0.39 is 0 Å². The van der Waals surface area contributed by atoms with Crippen molar-refractivity contribution < 1.29 is 0 Å². The van der Waals surface area contributed by atoms with Crippen LogP contribution in [-0.2, 0) is 0 Å². The second kappa shape index (κ2) is 4.63. The normalized spacial score (nSPS) is 40.3. The molecule has 1 aliphatic carbocycles. The van der Waals surface area contributed by atoms with Crippen molar-refractivity contribution in [2.75, 3.05) is 19.6 Å². The first-order chi connectivity index (χ1) is 6.79. The van der Waals surface area contributed by atoms with Gasteiger partial charge in [0, 0.05) is 18.6 Å². The highest BCUT2D eigenvalue weighted by molar-refractivity contribution is 4.88. The minimum absolute atomic E-state index is 0.744. The highest BCUT2D eigenvalue weighted by Gasteiger charge is 2.32. The van der Waals surface area contributed by atoms with E-state index in [1.54, 1.807) is 0 Å². The molecule has 14 heavy (non-hydrogen) atoms. The van der Waals surface area contributed by atoms with Gasteiger partial charge >= 0.3 is 0 Å². The Kier molecular flexibility index (Phi) is 3.45. The second-order valence-electron chi connectivity index (χ2n) is 5.14. The van der Waals surface area contributed by atoms with E-state index in [2.05, 4.69) is 24.1 Å². The fourth-order valence-corrected chi connectivity index (χ4v) is 2.79. The van der Waals surface area contributed by atoms with Crippen LogP contribution in [0.3, 0.4) is 0 Å². The van der Waals surface area contributed by atoms with Crippen LogP contribution in [0.5, 0.6) is 0 Å². The first-order valence-corrected chi connectivity index (χ1v) is 6.27. The lowest BCUT2D eigenvalue weighted by molar-refractivity contribution is 0.0843. The fourth-order valence-electron chi connectivity index (χ4n) is 2.79. The first-order valence-electron chi connectivity index (χ1n) is 6.27. The summed E-state index contributed by atoms with van der Waals surface area (Å²) in [5, 5.41) is 3.63. The first kappa shape index (κ1) is 10.4. The Hall–Kier alpha value is -0.0800. The molecule has 2 nitrogen and oxygen atoms in total. The van der Waals surface area contributed by atoms with Crippen LogP contribution in [0.2, 0.25) is 0 Å². The standard InChI is InChI=1S/C12H24N2/c1-3-11-9-14(6-4-5-13-11)12-7-10(2)8-12/h10-13H,3-9H2,1-2H3. The van der Waals surface area contributed by atoms with Crippen molar-refractivity contribution in [3.8, 4) is 0 Å². The smallest absolute Gasteiger partial charge is 0.0192 e. The van der Waals surface area contributed by atoms with Gasteiger partial charge in [0.05, 0.1) is 0 Å². The number of nitrogens with zero attached hydrogens (tertiary/aromatic N) is 1. The van der Waals surface area contributed by atoms with E-state index in [-0.39, 0.29) is 0 Å². The molecule has 1 saturated heterocycles. The largest absolute Gasteiger partial charge is 0.313 e. The molecule has 2 heteroatoms. The maximum Gasteiger partial charge on any atom is 0.0192 e. The molecule has 0 spiro atoms. The van der Waals surface area contributed by atoms with Crippen LogP contribution in [0.25, 0.3) is 0 Å². The van der Waals surface area contributed by atoms with Crippen molar-refractivity contribution in [2.45, 2.75) is 51.6 Å². The summed E-state index contributed by atoms with van der Waals surface area (Å²) in [6.45, 7) is 8.50. The quantitative estimate of drug-likeness (QED) is 0.725. The third kappa shape index (κ3) is 2.29. The molecule has 1 N–H and O–H groups in total. The van der Waals surface area contributed by atoms with Crippen LogP contribution < -0.4 is 5.32 Å². The summed E-state index contributed by atoms with van der Waals surface area (Å²) in [6.07, 6.45) is 5.49. The van der Waals surface area contributed by atoms with Gasteiger partial charge in [-0.1, -0.05) is 13.8 Å². The van der Waals surface area contributed by atoms with E-state index in [4.69, 9.17) is 0 Å². The van der Waals surface area contributed by atoms with Crippen molar-refractivity contribution in [3.05, 3.63) is 0 Å². The summed E-state index contributed by atoms with van der Waals surface area (Å²) in [7, 11) is 0. The Balaban J connectivity index is 1.84. The maximum absolute atomic E-state index is 3.63. The average molecular weight is 196 g/mol. The molecular formula is C12H24N2. The van der Waals surface area contributed by atoms with Gasteiger partial charge < -0.3 is 5.32 Å². The van der Waals surface area contributed by atoms with Crippen molar-refractivity contribution in [2.24, 2.45) is 5.92 Å². The monoisotopic (exact) mass is 196 g/mol. The van der Waals surface area contributed by atoms with Gasteiger partial charge in [-0.2, -0.15) is 0 Å². The predicted molar refractivity (Wildman–Crippen MR) is 60.5 cm³/mol. The average Bonchev–Trinajstić information content (AvgIpc) is 2.37. The molecule has 0 aromatic carbocycles. The van der Waals surface area contributed by atoms with E-state index in [0.717, 1.165) is 18.0 Å². The fraction of sp³-hybridized carbons (Fsp3) is 1.00. The lowest BCUT2D eigenvalue weighted by Gasteiger charge is -2.42. The minimum Gasteiger partial charge on any atom is -0.313 e. The van der Waals surface area contributed by atoms with E-state index in [1.807, 2.05) is 0 Å². The molecule has 1 aliphatic heterocycles. The van der Waals surface area contributed by atoms with Gasteiger partial charge in [-0.05, 0) is 44.7 Å². The maximum atomic E-state index is 3.63. The van der Waals surface area contributed by atoms with Gasteiger partial charge in [0.2, 0.25) is 0 Å². The van der Waals surface area contributed by atoms with Gasteiger partial charge in [0.15, 0.2) is 0 Å². The van der Waals surface area contributed by atoms with Crippen LogP contribution in [-0.4, -0.2) is 36.6 Å². The Bertz CT molecular complexity index is 175. The van der Waals surface area contributed by atoms with Crippen molar-refractivity contribution in [3.63, 3.8) is 0 Å². The molecule has 1 heterocycles. The third-order valence-corrected chi connectivity index (χ3v) is 3.87. The molecule has 2 rings (SSSR count). The van der Waals surface area contributed by atoms with Crippen molar-refractivity contribution in [1.29, 1.82) is 0 Å². The highest BCUT2D eigenvalue weighted by atomic mass is 15.2. The Morgan fingerprint density at radius 3 is 2.79 bits per heavy atom. The molecular weight excluding hydrogens is 172 g/mol. The number of rotatable bonds is 2. The third-order valence-electron chi connectivity index (χ3n) is 3.87. The number of nitrogens with one attached hydrogen (secondary N) is 1. The molecule has 2 aliphatic rings. The topological polar surface area (TPSA) is 15.3 Å². The van der Waals surface area contributed by atoms with Crippen LogP contribution in [0.1, 0.15) is 39.5 Å². The lowest BCUT2D eigenvalue weighted by atomic mass is 9.80. The molecule has 82 valence electrons. The van der Waals surface area contributed by atoms with E-state index in [0.29, 0.717) is 0 Å². The van der Waals surface area contributed by atoms with Gasteiger partial charge in [-0.25, -0.2) is 0 Å². The van der Waals surface area contributed by atoms with Crippen LogP contribution in [0.15, 0.2) is 0 Å². The molecule has 0 aromatic heterocycles. The molecule has 1 unspecified atom stereocenters. The van der Waals surface area contributed by atoms with Crippen LogP contribution in [0, 0.1) is 5.92 Å². The Morgan fingerprint density at radius 2 is 2.14 bits per heavy atom. The van der Waals surface area contributed by atoms with E-state index in [9.17, 15) is 0 Å². The molecule has 0 bridgehead atoms. The summed E-state index contributed by atoms with van der Waals surface area (Å²) in [5.41, 5.74) is 0. The zero-order valence-electron chi connectivity index (χ0n) is 9.63. The van der Waals surface area contributed by atoms with E-state index in [1.165, 1.54) is 45.3 Å². The van der Waals surface area contributed by atoms with Crippen molar-refractivity contribution >= 4 is 0 Å².